The Kier molecular flexibility index (Phi) is 6.16. The Morgan fingerprint density at radius 3 is 2.46 bits per heavy atom. The number of halogens is 3. The fourth-order valence-corrected chi connectivity index (χ4v) is 2.17. The maximum atomic E-state index is 12.1. The molecule has 0 atom stereocenters. The van der Waals surface area contributed by atoms with Crippen LogP contribution < -0.4 is 10.1 Å². The molecule has 0 heterocycles. The number of ether oxygens (including phenoxy) is 1. The molecule has 0 unspecified atom stereocenters. The second-order valence-corrected chi connectivity index (χ2v) is 5.39. The number of carbonyl (C=O) groups excluding carboxylic acids is 1. The van der Waals surface area contributed by atoms with E-state index in [0.717, 1.165) is 5.56 Å². The van der Waals surface area contributed by atoms with Gasteiger partial charge < -0.3 is 10.1 Å². The lowest BCUT2D eigenvalue weighted by atomic mass is 10.0. The number of benzene rings is 2. The third-order valence-corrected chi connectivity index (χ3v) is 3.34. The maximum Gasteiger partial charge on any atom is 0.405 e. The third-order valence-electron chi connectivity index (χ3n) is 3.34. The number of nitro groups is 1. The molecule has 0 aliphatic heterocycles. The summed E-state index contributed by atoms with van der Waals surface area (Å²) in [6, 6.07) is 12.9. The first kappa shape index (κ1) is 19.2. The van der Waals surface area contributed by atoms with E-state index in [9.17, 15) is 28.1 Å². The van der Waals surface area contributed by atoms with E-state index in [4.69, 9.17) is 4.74 Å². The topological polar surface area (TPSA) is 81.5 Å². The summed E-state index contributed by atoms with van der Waals surface area (Å²) in [6.07, 6.45) is -4.20. The van der Waals surface area contributed by atoms with Crippen LogP contribution in [0.3, 0.4) is 0 Å². The van der Waals surface area contributed by atoms with E-state index in [1.807, 2.05) is 18.2 Å². The zero-order chi connectivity index (χ0) is 19.2. The van der Waals surface area contributed by atoms with E-state index >= 15 is 0 Å². The molecule has 26 heavy (non-hydrogen) atoms. The van der Waals surface area contributed by atoms with Crippen molar-refractivity contribution in [3.63, 3.8) is 0 Å². The minimum atomic E-state index is -4.51. The number of amides is 1. The number of nitrogens with one attached hydrogen (secondary N) is 1. The molecule has 0 aliphatic rings. The van der Waals surface area contributed by atoms with E-state index in [0.29, 0.717) is 12.0 Å². The maximum absolute atomic E-state index is 12.1. The van der Waals surface area contributed by atoms with Crippen molar-refractivity contribution in [1.82, 2.24) is 5.32 Å². The number of nitrogens with zero attached hydrogens (tertiary/aromatic N) is 1. The molecule has 2 aromatic carbocycles. The summed E-state index contributed by atoms with van der Waals surface area (Å²) in [7, 11) is 0. The van der Waals surface area contributed by atoms with Gasteiger partial charge in [0, 0.05) is 24.1 Å². The van der Waals surface area contributed by atoms with Crippen LogP contribution >= 0.6 is 0 Å². The van der Waals surface area contributed by atoms with Crippen LogP contribution in [0.1, 0.15) is 11.1 Å². The largest absolute Gasteiger partial charge is 0.483 e. The number of hydrogen-bond donors (Lipinski definition) is 1. The van der Waals surface area contributed by atoms with Crippen molar-refractivity contribution in [2.75, 3.05) is 13.2 Å². The van der Waals surface area contributed by atoms with Gasteiger partial charge in [-0.25, -0.2) is 0 Å². The molecule has 0 saturated carbocycles. The highest BCUT2D eigenvalue weighted by Crippen LogP contribution is 2.26. The Bertz CT molecular complexity index is 779. The molecule has 1 amide bonds. The van der Waals surface area contributed by atoms with Crippen LogP contribution in [0, 0.1) is 10.1 Å². The fourth-order valence-electron chi connectivity index (χ4n) is 2.17. The molecule has 2 aromatic rings. The van der Waals surface area contributed by atoms with Gasteiger partial charge in [0.1, 0.15) is 12.3 Å². The number of rotatable bonds is 7. The Labute approximate surface area is 146 Å². The van der Waals surface area contributed by atoms with Gasteiger partial charge in [0.25, 0.3) is 11.6 Å². The van der Waals surface area contributed by atoms with Gasteiger partial charge in [-0.1, -0.05) is 30.3 Å². The summed E-state index contributed by atoms with van der Waals surface area (Å²) in [5.74, 6) is -0.743. The summed E-state index contributed by atoms with van der Waals surface area (Å²) in [5, 5.41) is 12.7. The molecule has 2 rings (SSSR count). The Morgan fingerprint density at radius 2 is 1.85 bits per heavy atom. The van der Waals surface area contributed by atoms with Crippen molar-refractivity contribution < 1.29 is 27.6 Å². The predicted octanol–water partition coefficient (Wildman–Crippen LogP) is 3.24. The molecular formula is C17H15F3N2O4. The van der Waals surface area contributed by atoms with Gasteiger partial charge in [0.05, 0.1) is 4.92 Å². The minimum absolute atomic E-state index is 0.148. The smallest absolute Gasteiger partial charge is 0.405 e. The zero-order valence-corrected chi connectivity index (χ0v) is 13.5. The summed E-state index contributed by atoms with van der Waals surface area (Å²) in [6.45, 7) is -2.08. The average Bonchev–Trinajstić information content (AvgIpc) is 2.59. The zero-order valence-electron chi connectivity index (χ0n) is 13.5. The molecule has 6 nitrogen and oxygen atoms in total. The van der Waals surface area contributed by atoms with Gasteiger partial charge in [-0.3, -0.25) is 14.9 Å². The van der Waals surface area contributed by atoms with Gasteiger partial charge in [0.15, 0.2) is 6.61 Å². The highest BCUT2D eigenvalue weighted by molar-refractivity contribution is 5.77. The molecule has 1 N–H and O–H groups in total. The van der Waals surface area contributed by atoms with Crippen LogP contribution in [0.15, 0.2) is 48.5 Å². The molecule has 0 bridgehead atoms. The second-order valence-electron chi connectivity index (χ2n) is 5.39. The number of hydrogen-bond acceptors (Lipinski definition) is 4. The first-order valence-corrected chi connectivity index (χ1v) is 7.52. The summed E-state index contributed by atoms with van der Waals surface area (Å²) < 4.78 is 41.5. The monoisotopic (exact) mass is 368 g/mol. The molecule has 0 aliphatic carbocycles. The molecule has 0 saturated heterocycles. The van der Waals surface area contributed by atoms with Crippen molar-refractivity contribution >= 4 is 11.6 Å². The van der Waals surface area contributed by atoms with Crippen LogP contribution in [0.4, 0.5) is 18.9 Å². The van der Waals surface area contributed by atoms with Gasteiger partial charge in [0.2, 0.25) is 0 Å². The quantitative estimate of drug-likeness (QED) is 0.601. The van der Waals surface area contributed by atoms with Crippen molar-refractivity contribution in [2.24, 2.45) is 0 Å². The molecular weight excluding hydrogens is 353 g/mol. The third kappa shape index (κ3) is 6.08. The summed E-state index contributed by atoms with van der Waals surface area (Å²) >= 11 is 0. The van der Waals surface area contributed by atoms with Gasteiger partial charge in [-0.15, -0.1) is 0 Å². The number of alkyl halides is 3. The van der Waals surface area contributed by atoms with Crippen LogP contribution in [0.5, 0.6) is 5.75 Å². The SMILES string of the molecule is O=C(COc1ccc([N+](=O)[O-])cc1Cc1ccccc1)NCC(F)(F)F. The number of carbonyl (C=O) groups is 1. The van der Waals surface area contributed by atoms with Crippen LogP contribution in [0.25, 0.3) is 0 Å². The Hall–Kier alpha value is -3.10. The Balaban J connectivity index is 2.11. The minimum Gasteiger partial charge on any atom is -0.483 e. The van der Waals surface area contributed by atoms with Gasteiger partial charge >= 0.3 is 6.18 Å². The lowest BCUT2D eigenvalue weighted by Crippen LogP contribution is -2.36. The van der Waals surface area contributed by atoms with E-state index in [1.165, 1.54) is 18.2 Å². The van der Waals surface area contributed by atoms with Crippen LogP contribution in [-0.2, 0) is 11.2 Å². The van der Waals surface area contributed by atoms with Crippen molar-refractivity contribution in [3.8, 4) is 5.75 Å². The normalized spacial score (nSPS) is 11.0. The second kappa shape index (κ2) is 8.32. The summed E-state index contributed by atoms with van der Waals surface area (Å²) in [5.41, 5.74) is 1.16. The Morgan fingerprint density at radius 1 is 1.15 bits per heavy atom. The van der Waals surface area contributed by atoms with Gasteiger partial charge in [-0.2, -0.15) is 13.2 Å². The highest BCUT2D eigenvalue weighted by Gasteiger charge is 2.27. The summed E-state index contributed by atoms with van der Waals surface area (Å²) in [4.78, 5) is 21.9. The molecule has 138 valence electrons. The molecule has 0 aromatic heterocycles. The average molecular weight is 368 g/mol. The standard InChI is InChI=1S/C17H15F3N2O4/c18-17(19,20)11-21-16(23)10-26-15-7-6-14(22(24)25)9-13(15)8-12-4-2-1-3-5-12/h1-7,9H,8,10-11H2,(H,21,23). The van der Waals surface area contributed by atoms with E-state index < -0.39 is 30.2 Å². The van der Waals surface area contributed by atoms with E-state index in [1.54, 1.807) is 17.4 Å². The van der Waals surface area contributed by atoms with Crippen LogP contribution in [-0.4, -0.2) is 30.2 Å². The predicted molar refractivity (Wildman–Crippen MR) is 86.9 cm³/mol. The van der Waals surface area contributed by atoms with Crippen molar-refractivity contribution in [1.29, 1.82) is 0 Å². The van der Waals surface area contributed by atoms with E-state index in [-0.39, 0.29) is 11.4 Å². The van der Waals surface area contributed by atoms with Crippen molar-refractivity contribution in [2.45, 2.75) is 12.6 Å². The van der Waals surface area contributed by atoms with Crippen molar-refractivity contribution in [3.05, 3.63) is 69.8 Å². The first-order valence-electron chi connectivity index (χ1n) is 7.52. The van der Waals surface area contributed by atoms with E-state index in [2.05, 4.69) is 0 Å². The van der Waals surface area contributed by atoms with Gasteiger partial charge in [-0.05, 0) is 11.6 Å². The molecule has 9 heteroatoms. The first-order chi connectivity index (χ1) is 12.2. The molecule has 0 fully saturated rings. The lowest BCUT2D eigenvalue weighted by Gasteiger charge is -2.12. The highest BCUT2D eigenvalue weighted by atomic mass is 19.4. The molecule has 0 spiro atoms. The fraction of sp³-hybridized carbons (Fsp3) is 0.235. The van der Waals surface area contributed by atoms with Crippen LogP contribution in [0.2, 0.25) is 0 Å². The number of nitro benzene ring substituents is 1. The molecule has 0 radical (unpaired) electrons. The number of non-ortho nitro benzene ring substituents is 1. The lowest BCUT2D eigenvalue weighted by molar-refractivity contribution is -0.384.